The Balaban J connectivity index is 3.46. The van der Waals surface area contributed by atoms with Crippen LogP contribution in [0.25, 0.3) is 0 Å². The van der Waals surface area contributed by atoms with Gasteiger partial charge in [-0.25, -0.2) is 8.18 Å². The first kappa shape index (κ1) is 9.59. The van der Waals surface area contributed by atoms with E-state index in [2.05, 4.69) is 24.4 Å². The van der Waals surface area contributed by atoms with Crippen LogP contribution in [-0.2, 0) is 12.7 Å². The Morgan fingerprint density at radius 3 is 2.67 bits per heavy atom. The Morgan fingerprint density at radius 2 is 2.33 bits per heavy atom. The third-order valence-electron chi connectivity index (χ3n) is 0.546. The van der Waals surface area contributed by atoms with Crippen molar-refractivity contribution < 1.29 is 17.6 Å². The Morgan fingerprint density at radius 1 is 1.78 bits per heavy atom. The van der Waals surface area contributed by atoms with Gasteiger partial charge < -0.3 is 4.89 Å². The SMILES string of the molecule is CCCOP(=O)(O)OBr. The van der Waals surface area contributed by atoms with E-state index in [1.165, 1.54) is 0 Å². The molecule has 0 aliphatic carbocycles. The van der Waals surface area contributed by atoms with Gasteiger partial charge in [0, 0.05) is 0 Å². The van der Waals surface area contributed by atoms with Gasteiger partial charge in [0.25, 0.3) is 0 Å². The lowest BCUT2D eigenvalue weighted by atomic mass is 10.5. The van der Waals surface area contributed by atoms with Crippen LogP contribution in [0.1, 0.15) is 13.3 Å². The molecule has 0 rings (SSSR count). The van der Waals surface area contributed by atoms with Crippen molar-refractivity contribution in [3.05, 3.63) is 0 Å². The summed E-state index contributed by atoms with van der Waals surface area (Å²) >= 11 is 2.36. The van der Waals surface area contributed by atoms with Gasteiger partial charge in [-0.2, -0.15) is 0 Å². The van der Waals surface area contributed by atoms with Gasteiger partial charge in [0.1, 0.15) is 16.3 Å². The molecule has 0 fully saturated rings. The van der Waals surface area contributed by atoms with Crippen molar-refractivity contribution in [3.8, 4) is 0 Å². The van der Waals surface area contributed by atoms with Crippen LogP contribution in [0, 0.1) is 0 Å². The number of phosphoric acid groups is 1. The van der Waals surface area contributed by atoms with Gasteiger partial charge in [0.05, 0.1) is 6.61 Å². The Hall–Kier alpha value is 0.590. The molecule has 0 bridgehead atoms. The molecular weight excluding hydrogens is 211 g/mol. The van der Waals surface area contributed by atoms with Gasteiger partial charge in [0.15, 0.2) is 0 Å². The number of rotatable bonds is 4. The van der Waals surface area contributed by atoms with Crippen LogP contribution in [0.5, 0.6) is 0 Å². The highest BCUT2D eigenvalue weighted by Crippen LogP contribution is 2.45. The predicted molar refractivity (Wildman–Crippen MR) is 36.1 cm³/mol. The molecule has 56 valence electrons. The number of hydrogen-bond acceptors (Lipinski definition) is 3. The van der Waals surface area contributed by atoms with Crippen LogP contribution in [0.2, 0.25) is 0 Å². The minimum Gasteiger partial charge on any atom is -0.302 e. The van der Waals surface area contributed by atoms with E-state index in [4.69, 9.17) is 4.89 Å². The smallest absolute Gasteiger partial charge is 0.302 e. The molecular formula is C3H8BrO4P. The van der Waals surface area contributed by atoms with Crippen molar-refractivity contribution in [3.63, 3.8) is 0 Å². The van der Waals surface area contributed by atoms with Gasteiger partial charge >= 0.3 is 7.82 Å². The molecule has 0 aliphatic rings. The molecule has 0 spiro atoms. The summed E-state index contributed by atoms with van der Waals surface area (Å²) in [6, 6.07) is 0. The summed E-state index contributed by atoms with van der Waals surface area (Å²) in [6.45, 7) is 2.05. The molecule has 0 heterocycles. The first-order chi connectivity index (χ1) is 4.12. The quantitative estimate of drug-likeness (QED) is 0.732. The highest BCUT2D eigenvalue weighted by atomic mass is 79.9. The van der Waals surface area contributed by atoms with Crippen molar-refractivity contribution >= 4 is 24.1 Å². The molecule has 0 saturated heterocycles. The maximum absolute atomic E-state index is 10.4. The molecule has 0 aliphatic heterocycles. The average molecular weight is 219 g/mol. The van der Waals surface area contributed by atoms with Crippen LogP contribution in [-0.4, -0.2) is 11.5 Å². The lowest BCUT2D eigenvalue weighted by Gasteiger charge is -2.04. The molecule has 0 aromatic rings. The highest BCUT2D eigenvalue weighted by molar-refractivity contribution is 9.06. The zero-order chi connectivity index (χ0) is 7.33. The minimum absolute atomic E-state index is 0.222. The van der Waals surface area contributed by atoms with Crippen molar-refractivity contribution in [2.24, 2.45) is 0 Å². The molecule has 0 aromatic carbocycles. The predicted octanol–water partition coefficient (Wildman–Crippen LogP) is 1.84. The summed E-state index contributed by atoms with van der Waals surface area (Å²) in [5.41, 5.74) is 0. The van der Waals surface area contributed by atoms with Crippen LogP contribution in [0.4, 0.5) is 0 Å². The summed E-state index contributed by atoms with van der Waals surface area (Å²) in [7, 11) is -3.77. The summed E-state index contributed by atoms with van der Waals surface area (Å²) in [5, 5.41) is 0. The zero-order valence-corrected chi connectivity index (χ0v) is 7.39. The van der Waals surface area contributed by atoms with E-state index in [0.717, 1.165) is 0 Å². The van der Waals surface area contributed by atoms with Crippen LogP contribution >= 0.6 is 24.1 Å². The fourth-order valence-corrected chi connectivity index (χ4v) is 0.930. The molecule has 1 atom stereocenters. The Kier molecular flexibility index (Phi) is 4.70. The normalized spacial score (nSPS) is 17.2. The number of phosphoric ester groups is 1. The standard InChI is InChI=1S/C3H8BrO4P/c1-2-3-7-9(5,6)8-4/h2-3H2,1H3,(H,5,6). The maximum Gasteiger partial charge on any atom is 0.483 e. The zero-order valence-electron chi connectivity index (χ0n) is 4.91. The van der Waals surface area contributed by atoms with Crippen molar-refractivity contribution in [1.82, 2.24) is 0 Å². The second-order valence-electron chi connectivity index (χ2n) is 1.37. The van der Waals surface area contributed by atoms with Crippen molar-refractivity contribution in [2.75, 3.05) is 6.61 Å². The minimum atomic E-state index is -3.77. The summed E-state index contributed by atoms with van der Waals surface area (Å²) in [5.74, 6) is 0. The van der Waals surface area contributed by atoms with E-state index in [1.807, 2.05) is 6.92 Å². The van der Waals surface area contributed by atoms with Gasteiger partial charge in [-0.05, 0) is 6.42 Å². The van der Waals surface area contributed by atoms with Crippen LogP contribution in [0.3, 0.4) is 0 Å². The Labute approximate surface area is 62.2 Å². The third kappa shape index (κ3) is 5.06. The second kappa shape index (κ2) is 4.41. The Bertz CT molecular complexity index is 116. The van der Waals surface area contributed by atoms with E-state index in [9.17, 15) is 4.57 Å². The third-order valence-corrected chi connectivity index (χ3v) is 2.33. The number of hydrogen-bond donors (Lipinski definition) is 1. The topological polar surface area (TPSA) is 55.8 Å². The van der Waals surface area contributed by atoms with E-state index < -0.39 is 7.82 Å². The average Bonchev–Trinajstić information content (AvgIpc) is 1.84. The van der Waals surface area contributed by atoms with Gasteiger partial charge in [-0.15, -0.1) is 0 Å². The van der Waals surface area contributed by atoms with Gasteiger partial charge in [-0.1, -0.05) is 6.92 Å². The first-order valence-electron chi connectivity index (χ1n) is 2.40. The molecule has 0 saturated carbocycles. The highest BCUT2D eigenvalue weighted by Gasteiger charge is 2.18. The molecule has 1 N–H and O–H groups in total. The lowest BCUT2D eigenvalue weighted by Crippen LogP contribution is -1.89. The van der Waals surface area contributed by atoms with Crippen molar-refractivity contribution in [1.29, 1.82) is 0 Å². The molecule has 0 radical (unpaired) electrons. The largest absolute Gasteiger partial charge is 0.483 e. The summed E-state index contributed by atoms with van der Waals surface area (Å²) < 4.78 is 18.7. The monoisotopic (exact) mass is 218 g/mol. The summed E-state index contributed by atoms with van der Waals surface area (Å²) in [6.07, 6.45) is 0.681. The molecule has 9 heavy (non-hydrogen) atoms. The van der Waals surface area contributed by atoms with E-state index in [0.29, 0.717) is 6.42 Å². The molecule has 4 nitrogen and oxygen atoms in total. The molecule has 1 unspecified atom stereocenters. The fourth-order valence-electron chi connectivity index (χ4n) is 0.227. The van der Waals surface area contributed by atoms with E-state index in [-0.39, 0.29) is 6.61 Å². The van der Waals surface area contributed by atoms with Crippen molar-refractivity contribution in [2.45, 2.75) is 13.3 Å². The molecule has 0 aromatic heterocycles. The number of halogens is 1. The molecule has 0 amide bonds. The first-order valence-corrected chi connectivity index (χ1v) is 4.54. The second-order valence-corrected chi connectivity index (χ2v) is 3.57. The molecule has 6 heteroatoms. The van der Waals surface area contributed by atoms with Crippen LogP contribution in [0.15, 0.2) is 0 Å². The maximum atomic E-state index is 10.4. The fraction of sp³-hybridized carbons (Fsp3) is 1.00. The lowest BCUT2D eigenvalue weighted by molar-refractivity contribution is 0.215. The van der Waals surface area contributed by atoms with E-state index in [1.54, 1.807) is 0 Å². The van der Waals surface area contributed by atoms with E-state index >= 15 is 0 Å². The summed E-state index contributed by atoms with van der Waals surface area (Å²) in [4.78, 5) is 8.52. The van der Waals surface area contributed by atoms with Gasteiger partial charge in [-0.3, -0.25) is 4.52 Å². The van der Waals surface area contributed by atoms with Gasteiger partial charge in [0.2, 0.25) is 0 Å². The van der Waals surface area contributed by atoms with Crippen LogP contribution < -0.4 is 0 Å².